The second-order valence-corrected chi connectivity index (χ2v) is 4.73. The molecule has 19 heavy (non-hydrogen) atoms. The Balaban J connectivity index is 2.12. The van der Waals surface area contributed by atoms with Gasteiger partial charge in [-0.1, -0.05) is 35.9 Å². The maximum Gasteiger partial charge on any atom is 0.119 e. The van der Waals surface area contributed by atoms with Gasteiger partial charge in [-0.05, 0) is 48.2 Å². The number of ether oxygens (including phenoxy) is 1. The first-order valence-corrected chi connectivity index (χ1v) is 6.68. The predicted molar refractivity (Wildman–Crippen MR) is 76.3 cm³/mol. The summed E-state index contributed by atoms with van der Waals surface area (Å²) >= 11 is 6.18. The maximum atomic E-state index is 10.8. The van der Waals surface area contributed by atoms with Crippen LogP contribution in [-0.2, 0) is 18.1 Å². The van der Waals surface area contributed by atoms with E-state index in [1.165, 1.54) is 5.56 Å². The van der Waals surface area contributed by atoms with E-state index in [0.717, 1.165) is 23.3 Å². The fourth-order valence-corrected chi connectivity index (χ4v) is 2.18. The average Bonchev–Trinajstić information content (AvgIpc) is 2.43. The largest absolute Gasteiger partial charge is 0.494 e. The van der Waals surface area contributed by atoms with Crippen molar-refractivity contribution >= 4 is 11.6 Å². The average molecular weight is 276 g/mol. The lowest BCUT2D eigenvalue weighted by atomic mass is 10.0. The van der Waals surface area contributed by atoms with E-state index < -0.39 is 0 Å². The molecule has 99 valence electrons. The minimum absolute atomic E-state index is 0.233. The molecule has 2 nitrogen and oxygen atoms in total. The van der Waals surface area contributed by atoms with Crippen molar-refractivity contribution in [2.75, 3.05) is 6.61 Å². The van der Waals surface area contributed by atoms with Crippen LogP contribution in [0.1, 0.15) is 23.6 Å². The van der Waals surface area contributed by atoms with Crippen molar-refractivity contribution in [3.05, 3.63) is 64.2 Å². The van der Waals surface area contributed by atoms with Crippen molar-refractivity contribution in [3.8, 4) is 5.75 Å². The SMILES string of the molecule is CCOc1ccc(Cc2ccc(C[O])cc2Cl)cc1. The van der Waals surface area contributed by atoms with Gasteiger partial charge in [0.05, 0.1) is 6.61 Å². The minimum Gasteiger partial charge on any atom is -0.494 e. The Kier molecular flexibility index (Phi) is 4.83. The standard InChI is InChI=1S/C16H16ClO2/c1-2-19-15-7-4-12(5-8-15)9-14-6-3-13(11-18)10-16(14)17/h3-8,10H,2,9,11H2,1H3. The first-order chi connectivity index (χ1) is 9.22. The van der Waals surface area contributed by atoms with E-state index in [-0.39, 0.29) is 6.61 Å². The number of rotatable bonds is 5. The Bertz CT molecular complexity index is 535. The number of hydrogen-bond acceptors (Lipinski definition) is 1. The van der Waals surface area contributed by atoms with Crippen LogP contribution in [0.15, 0.2) is 42.5 Å². The monoisotopic (exact) mass is 275 g/mol. The van der Waals surface area contributed by atoms with E-state index in [4.69, 9.17) is 16.3 Å². The fraction of sp³-hybridized carbons (Fsp3) is 0.250. The highest BCUT2D eigenvalue weighted by Crippen LogP contribution is 2.22. The van der Waals surface area contributed by atoms with Crippen molar-refractivity contribution in [2.45, 2.75) is 20.0 Å². The molecule has 0 aliphatic heterocycles. The van der Waals surface area contributed by atoms with Crippen molar-refractivity contribution in [3.63, 3.8) is 0 Å². The first kappa shape index (κ1) is 13.9. The normalized spacial score (nSPS) is 10.5. The molecule has 0 unspecified atom stereocenters. The van der Waals surface area contributed by atoms with Gasteiger partial charge in [0, 0.05) is 5.02 Å². The molecule has 0 aliphatic carbocycles. The van der Waals surface area contributed by atoms with Crippen LogP contribution in [0.5, 0.6) is 5.75 Å². The quantitative estimate of drug-likeness (QED) is 0.801. The molecule has 0 aliphatic rings. The molecule has 0 N–H and O–H groups in total. The lowest BCUT2D eigenvalue weighted by Crippen LogP contribution is -1.93. The van der Waals surface area contributed by atoms with Gasteiger partial charge in [0.2, 0.25) is 0 Å². The molecule has 1 radical (unpaired) electrons. The molecule has 0 amide bonds. The zero-order chi connectivity index (χ0) is 13.7. The van der Waals surface area contributed by atoms with E-state index >= 15 is 0 Å². The van der Waals surface area contributed by atoms with Crippen molar-refractivity contribution in [2.24, 2.45) is 0 Å². The molecule has 0 aromatic heterocycles. The van der Waals surface area contributed by atoms with Gasteiger partial charge >= 0.3 is 0 Å². The van der Waals surface area contributed by atoms with Gasteiger partial charge in [-0.2, -0.15) is 0 Å². The van der Waals surface area contributed by atoms with Crippen molar-refractivity contribution < 1.29 is 9.84 Å². The van der Waals surface area contributed by atoms with Crippen molar-refractivity contribution in [1.82, 2.24) is 0 Å². The van der Waals surface area contributed by atoms with Crippen LogP contribution in [0.3, 0.4) is 0 Å². The van der Waals surface area contributed by atoms with Gasteiger partial charge in [-0.15, -0.1) is 0 Å². The molecule has 2 aromatic rings. The Labute approximate surface area is 118 Å². The summed E-state index contributed by atoms with van der Waals surface area (Å²) in [5.41, 5.74) is 2.92. The van der Waals surface area contributed by atoms with Crippen LogP contribution < -0.4 is 4.74 Å². The third kappa shape index (κ3) is 3.72. The van der Waals surface area contributed by atoms with E-state index in [2.05, 4.69) is 0 Å². The zero-order valence-electron chi connectivity index (χ0n) is 10.9. The van der Waals surface area contributed by atoms with E-state index in [1.54, 1.807) is 6.07 Å². The van der Waals surface area contributed by atoms with Crippen LogP contribution in [-0.4, -0.2) is 6.61 Å². The Morgan fingerprint density at radius 3 is 2.32 bits per heavy atom. The van der Waals surface area contributed by atoms with Crippen LogP contribution in [0.25, 0.3) is 0 Å². The molecule has 0 atom stereocenters. The molecule has 0 saturated carbocycles. The molecular weight excluding hydrogens is 260 g/mol. The first-order valence-electron chi connectivity index (χ1n) is 6.30. The topological polar surface area (TPSA) is 29.1 Å². The van der Waals surface area contributed by atoms with E-state index in [0.29, 0.717) is 11.6 Å². The second kappa shape index (κ2) is 6.60. The van der Waals surface area contributed by atoms with Crippen molar-refractivity contribution in [1.29, 1.82) is 0 Å². The Morgan fingerprint density at radius 1 is 1.05 bits per heavy atom. The lowest BCUT2D eigenvalue weighted by Gasteiger charge is -2.07. The summed E-state index contributed by atoms with van der Waals surface area (Å²) in [6.45, 7) is 2.40. The molecular formula is C16H16ClO2. The van der Waals surface area contributed by atoms with Gasteiger partial charge in [0.15, 0.2) is 0 Å². The van der Waals surface area contributed by atoms with E-state index in [9.17, 15) is 5.11 Å². The molecule has 0 spiro atoms. The summed E-state index contributed by atoms with van der Waals surface area (Å²) in [6.07, 6.45) is 0.754. The molecule has 0 saturated heterocycles. The van der Waals surface area contributed by atoms with Crippen LogP contribution in [0.2, 0.25) is 5.02 Å². The number of benzene rings is 2. The fourth-order valence-electron chi connectivity index (χ4n) is 1.91. The van der Waals surface area contributed by atoms with Gasteiger partial charge in [0.1, 0.15) is 12.4 Å². The lowest BCUT2D eigenvalue weighted by molar-refractivity contribution is 0.177. The van der Waals surface area contributed by atoms with Gasteiger partial charge in [0.25, 0.3) is 0 Å². The molecule has 2 aromatic carbocycles. The highest BCUT2D eigenvalue weighted by molar-refractivity contribution is 6.31. The van der Waals surface area contributed by atoms with Gasteiger partial charge in [-0.25, -0.2) is 5.11 Å². The highest BCUT2D eigenvalue weighted by Gasteiger charge is 2.04. The molecule has 2 rings (SSSR count). The highest BCUT2D eigenvalue weighted by atomic mass is 35.5. The number of hydrogen-bond donors (Lipinski definition) is 0. The minimum atomic E-state index is -0.233. The number of halogens is 1. The molecule has 0 bridgehead atoms. The summed E-state index contributed by atoms with van der Waals surface area (Å²) in [4.78, 5) is 0. The smallest absolute Gasteiger partial charge is 0.119 e. The summed E-state index contributed by atoms with van der Waals surface area (Å²) < 4.78 is 5.40. The summed E-state index contributed by atoms with van der Waals surface area (Å²) in [5.74, 6) is 0.874. The molecule has 3 heteroatoms. The second-order valence-electron chi connectivity index (χ2n) is 4.32. The zero-order valence-corrected chi connectivity index (χ0v) is 11.6. The Morgan fingerprint density at radius 2 is 1.74 bits per heavy atom. The third-order valence-corrected chi connectivity index (χ3v) is 3.26. The summed E-state index contributed by atoms with van der Waals surface area (Å²) in [5, 5.41) is 11.4. The van der Waals surface area contributed by atoms with Crippen LogP contribution >= 0.6 is 11.6 Å². The summed E-state index contributed by atoms with van der Waals surface area (Å²) in [7, 11) is 0. The van der Waals surface area contributed by atoms with Crippen LogP contribution in [0, 0.1) is 0 Å². The van der Waals surface area contributed by atoms with E-state index in [1.807, 2.05) is 43.3 Å². The Hall–Kier alpha value is -1.51. The molecule has 0 fully saturated rings. The summed E-state index contributed by atoms with van der Waals surface area (Å²) in [6, 6.07) is 13.5. The predicted octanol–water partition coefficient (Wildman–Crippen LogP) is 4.26. The van der Waals surface area contributed by atoms with Crippen LogP contribution in [0.4, 0.5) is 0 Å². The van der Waals surface area contributed by atoms with Gasteiger partial charge in [-0.3, -0.25) is 0 Å². The third-order valence-electron chi connectivity index (χ3n) is 2.91. The maximum absolute atomic E-state index is 10.8. The van der Waals surface area contributed by atoms with Gasteiger partial charge < -0.3 is 4.74 Å². The molecule has 0 heterocycles.